The molecule has 0 amide bonds. The first-order valence-electron chi connectivity index (χ1n) is 17.3. The van der Waals surface area contributed by atoms with E-state index in [-0.39, 0.29) is 53.7 Å². The Labute approximate surface area is 330 Å². The van der Waals surface area contributed by atoms with Crippen LogP contribution in [0, 0.1) is 0 Å². The molecule has 30 heteroatoms. The van der Waals surface area contributed by atoms with Gasteiger partial charge in [0.2, 0.25) is 11.5 Å². The van der Waals surface area contributed by atoms with E-state index >= 15 is 0 Å². The van der Waals surface area contributed by atoms with E-state index in [9.17, 15) is 43.1 Å². The number of rotatable bonds is 15. The fourth-order valence-electron chi connectivity index (χ4n) is 6.57. The number of fused-ring (bicyclic) bond motifs is 2. The molecule has 2 saturated heterocycles. The zero-order valence-corrected chi connectivity index (χ0v) is 33.5. The molecule has 4 aromatic heterocycles. The van der Waals surface area contributed by atoms with Crippen LogP contribution in [0.2, 0.25) is 0 Å². The second-order valence-corrected chi connectivity index (χ2v) is 17.8. The Morgan fingerprint density at radius 3 is 2.31 bits per heavy atom. The summed E-state index contributed by atoms with van der Waals surface area (Å²) in [6.45, 7) is -1.29. The molecule has 2 aliphatic heterocycles. The Hall–Kier alpha value is -4.43. The van der Waals surface area contributed by atoms with E-state index < -0.39 is 78.6 Å². The molecule has 2 fully saturated rings. The number of aliphatic hydroxyl groups excluding tert-OH is 1. The van der Waals surface area contributed by atoms with Crippen molar-refractivity contribution in [1.29, 1.82) is 0 Å². The zero-order chi connectivity index (χ0) is 42.4. The van der Waals surface area contributed by atoms with Crippen LogP contribution in [0.4, 0.5) is 11.9 Å². The van der Waals surface area contributed by atoms with Crippen LogP contribution >= 0.6 is 23.5 Å². The number of aromatic nitrogens is 8. The molecule has 5 aromatic rings. The number of hydrogen-bond acceptors (Lipinski definition) is 22. The van der Waals surface area contributed by atoms with Gasteiger partial charge in [0.05, 0.1) is 52.5 Å². The summed E-state index contributed by atoms with van der Waals surface area (Å²) in [5.74, 6) is 0.218. The van der Waals surface area contributed by atoms with Crippen molar-refractivity contribution in [2.24, 2.45) is 7.05 Å². The molecule has 0 saturated carbocycles. The lowest BCUT2D eigenvalue weighted by atomic mass is 10.1. The van der Waals surface area contributed by atoms with E-state index in [1.165, 1.54) is 33.5 Å². The lowest BCUT2D eigenvalue weighted by molar-refractivity contribution is -0.747. The third-order valence-electron chi connectivity index (χ3n) is 9.07. The van der Waals surface area contributed by atoms with Gasteiger partial charge in [0.15, 0.2) is 23.7 Å². The number of ether oxygens (including phenoxy) is 3. The maximum Gasteiger partial charge on any atom is 0.313 e. The fraction of sp³-hybridized carbons (Fsp3) is 0.448. The molecule has 6 heterocycles. The zero-order valence-electron chi connectivity index (χ0n) is 30.8. The van der Waals surface area contributed by atoms with Gasteiger partial charge in [-0.3, -0.25) is 47.3 Å². The summed E-state index contributed by atoms with van der Waals surface area (Å²) in [5, 5.41) is 10.5. The van der Waals surface area contributed by atoms with Gasteiger partial charge >= 0.3 is 5.65 Å². The van der Waals surface area contributed by atoms with Crippen molar-refractivity contribution in [3.05, 3.63) is 63.2 Å². The molecule has 0 radical (unpaired) electrons. The Kier molecular flexibility index (Phi) is 12.0. The average Bonchev–Trinajstić information content (AvgIpc) is 3.83. The number of aromatic amines is 2. The van der Waals surface area contributed by atoms with Crippen molar-refractivity contribution < 1.29 is 69.9 Å². The summed E-state index contributed by atoms with van der Waals surface area (Å²) in [6, 6.07) is 7.12. The normalized spacial score (nSPS) is 24.5. The monoisotopic (exact) mass is 887 g/mol. The summed E-state index contributed by atoms with van der Waals surface area (Å²) in [4.78, 5) is 81.3. The highest BCUT2D eigenvalue weighted by Crippen LogP contribution is 2.63. The number of phosphoric acid groups is 3. The van der Waals surface area contributed by atoms with Crippen molar-refractivity contribution >= 4 is 57.7 Å². The number of hydrogen-bond donors (Lipinski definition) is 5. The first kappa shape index (κ1) is 42.7. The van der Waals surface area contributed by atoms with Crippen molar-refractivity contribution in [3.63, 3.8) is 0 Å². The Bertz CT molecular complexity index is 2620. The van der Waals surface area contributed by atoms with E-state index in [0.29, 0.717) is 12.3 Å². The number of H-pyrrole nitrogens is 2. The van der Waals surface area contributed by atoms with Gasteiger partial charge in [0.1, 0.15) is 18.1 Å². The minimum absolute atomic E-state index is 0.00159. The largest absolute Gasteiger partial charge is 0.756 e. The van der Waals surface area contributed by atoms with Gasteiger partial charge in [0, 0.05) is 19.5 Å². The van der Waals surface area contributed by atoms with Crippen LogP contribution in [-0.2, 0) is 54.4 Å². The second kappa shape index (κ2) is 16.6. The predicted octanol–water partition coefficient (Wildman–Crippen LogP) is -2.63. The summed E-state index contributed by atoms with van der Waals surface area (Å²) in [6.07, 6.45) is -3.30. The number of phosphoric ester groups is 2. The topological polar surface area (TPSA) is 379 Å². The smallest absolute Gasteiger partial charge is 0.313 e. The van der Waals surface area contributed by atoms with Crippen LogP contribution in [0.5, 0.6) is 5.75 Å². The molecule has 7 N–H and O–H groups in total. The second-order valence-electron chi connectivity index (χ2n) is 13.3. The molecule has 320 valence electrons. The van der Waals surface area contributed by atoms with Crippen LogP contribution < -0.4 is 46.6 Å². The fourth-order valence-corrected chi connectivity index (χ4v) is 9.97. The summed E-state index contributed by atoms with van der Waals surface area (Å²) < 4.78 is 76.4. The standard InChI is InChI=1S/C29H38N11O16P3/c1-37-14-40(25-23(37)27(43)36-29(31)34-25)21-10-38(8-15-3-5-16(50-2)6-4-15)9-17(53-21)11-51-57(44,45)55-59(48,49)56-58(46,47)52-12-19-18(41)7-20(54-19)39-13-32-22-24(39)33-28(30)35-26(22)42/h3-6,13-14,17-21,41H,7-12H2,1-2H3,(H8-,30,31,33,34,35,36,42,43,44,45,46,47,48,49)/p-2/t17-,18-,19?,20?,21?/m0/s1. The van der Waals surface area contributed by atoms with Gasteiger partial charge in [-0.05, 0) is 17.7 Å². The molecule has 7 rings (SSSR count). The van der Waals surface area contributed by atoms with E-state index in [0.717, 1.165) is 5.56 Å². The molecule has 8 atom stereocenters. The molecular formula is C29H36N11O16P3-2. The third kappa shape index (κ3) is 9.80. The number of morpholine rings is 1. The van der Waals surface area contributed by atoms with Gasteiger partial charge < -0.3 is 54.5 Å². The van der Waals surface area contributed by atoms with E-state index in [2.05, 4.69) is 38.1 Å². The number of nitrogens with zero attached hydrogens (tertiary/aromatic N) is 7. The molecule has 27 nitrogen and oxygen atoms in total. The van der Waals surface area contributed by atoms with E-state index in [1.54, 1.807) is 19.2 Å². The van der Waals surface area contributed by atoms with Gasteiger partial charge in [-0.25, -0.2) is 18.2 Å². The predicted molar refractivity (Wildman–Crippen MR) is 192 cm³/mol. The van der Waals surface area contributed by atoms with Gasteiger partial charge in [-0.15, -0.1) is 0 Å². The molecule has 1 aromatic carbocycles. The first-order chi connectivity index (χ1) is 27.8. The number of aryl methyl sites for hydroxylation is 1. The minimum Gasteiger partial charge on any atom is -0.756 e. The summed E-state index contributed by atoms with van der Waals surface area (Å²) >= 11 is 0. The van der Waals surface area contributed by atoms with Crippen LogP contribution in [0.1, 0.15) is 24.4 Å². The van der Waals surface area contributed by atoms with Gasteiger partial charge in [-0.1, -0.05) is 17.1 Å². The lowest BCUT2D eigenvalue weighted by Gasteiger charge is -2.38. The molecule has 0 aliphatic carbocycles. The van der Waals surface area contributed by atoms with Crippen molar-refractivity contribution in [1.82, 2.24) is 39.0 Å². The highest BCUT2D eigenvalue weighted by Gasteiger charge is 2.39. The Balaban J connectivity index is 0.983. The number of anilines is 2. The van der Waals surface area contributed by atoms with E-state index in [4.69, 9.17) is 30.2 Å². The molecular weight excluding hydrogens is 851 g/mol. The Morgan fingerprint density at radius 2 is 1.61 bits per heavy atom. The summed E-state index contributed by atoms with van der Waals surface area (Å²) in [7, 11) is -15.0. The average molecular weight is 888 g/mol. The highest BCUT2D eigenvalue weighted by atomic mass is 31.3. The molecule has 0 spiro atoms. The van der Waals surface area contributed by atoms with Crippen molar-refractivity contribution in [2.45, 2.75) is 43.7 Å². The number of nitrogen functional groups attached to an aromatic ring is 2. The molecule has 2 aliphatic rings. The van der Waals surface area contributed by atoms with Crippen LogP contribution in [-0.4, -0.2) is 95.8 Å². The Morgan fingerprint density at radius 1 is 0.949 bits per heavy atom. The summed E-state index contributed by atoms with van der Waals surface area (Å²) in [5.41, 5.74) is 11.3. The van der Waals surface area contributed by atoms with Gasteiger partial charge in [0.25, 0.3) is 40.5 Å². The SMILES string of the molecule is COc1ccc(CN2CC([n+]3cn(C)c4c(=O)[nH]c(N)nc43)O[C@H](COP(=O)([O-])OP(=O)([O-])OP(=O)([O-])OCC3OC(n4cnc5c(=O)[nH]c(N)nc54)C[C@@H]3O)C2)cc1. The minimum atomic E-state index is -6.27. The number of benzene rings is 1. The van der Waals surface area contributed by atoms with E-state index in [1.807, 2.05) is 17.0 Å². The number of nitrogens with one attached hydrogen (secondary N) is 2. The maximum atomic E-state index is 12.8. The number of methoxy groups -OCH3 is 1. The van der Waals surface area contributed by atoms with Gasteiger partial charge in [-0.2, -0.15) is 4.98 Å². The first-order valence-corrected chi connectivity index (χ1v) is 21.6. The molecule has 6 unspecified atom stereocenters. The number of aliphatic hydroxyl groups is 1. The van der Waals surface area contributed by atoms with Crippen molar-refractivity contribution in [3.8, 4) is 5.75 Å². The quantitative estimate of drug-likeness (QED) is 0.0530. The van der Waals surface area contributed by atoms with Crippen LogP contribution in [0.15, 0.2) is 46.5 Å². The third-order valence-corrected chi connectivity index (χ3v) is 13.2. The lowest BCUT2D eigenvalue weighted by Crippen LogP contribution is -2.55. The molecule has 0 bridgehead atoms. The maximum absolute atomic E-state index is 12.8. The van der Waals surface area contributed by atoms with Crippen molar-refractivity contribution in [2.75, 3.05) is 44.9 Å². The van der Waals surface area contributed by atoms with Crippen LogP contribution in [0.3, 0.4) is 0 Å². The number of imidazole rings is 2. The highest BCUT2D eigenvalue weighted by molar-refractivity contribution is 7.65. The van der Waals surface area contributed by atoms with Crippen LogP contribution in [0.25, 0.3) is 22.3 Å². The number of nitrogens with two attached hydrogens (primary N) is 2. The molecule has 59 heavy (non-hydrogen) atoms.